The molecule has 2 heterocycles. The molecule has 2 N–H and O–H groups in total. The number of nitrogens with one attached hydrogen (secondary N) is 2. The number of hydrogen-bond donors (Lipinski definition) is 2. The van der Waals surface area contributed by atoms with Gasteiger partial charge in [-0.25, -0.2) is 13.4 Å². The smallest absolute Gasteiger partial charge is 0.255 e. The highest BCUT2D eigenvalue weighted by Crippen LogP contribution is 2.24. The highest BCUT2D eigenvalue weighted by atomic mass is 32.2. The number of anilines is 1. The maximum Gasteiger partial charge on any atom is 0.255 e. The highest BCUT2D eigenvalue weighted by molar-refractivity contribution is 7.91. The lowest BCUT2D eigenvalue weighted by molar-refractivity contribution is 0.102. The molecule has 1 aromatic heterocycles. The average molecular weight is 487 g/mol. The maximum absolute atomic E-state index is 12.7. The Hall–Kier alpha value is -3.75. The van der Waals surface area contributed by atoms with E-state index in [1.165, 1.54) is 0 Å². The Balaban J connectivity index is 1.18. The van der Waals surface area contributed by atoms with Crippen molar-refractivity contribution < 1.29 is 13.2 Å². The number of carbonyl (C=O) groups is 1. The van der Waals surface area contributed by atoms with Crippen LogP contribution in [0, 0.1) is 0 Å². The van der Waals surface area contributed by atoms with Gasteiger partial charge in [0.05, 0.1) is 29.7 Å². The fraction of sp³-hybridized carbons (Fsp3) is 0.185. The van der Waals surface area contributed by atoms with Gasteiger partial charge in [0.25, 0.3) is 5.91 Å². The second-order valence-electron chi connectivity index (χ2n) is 8.70. The molecule has 0 spiro atoms. The van der Waals surface area contributed by atoms with Crippen molar-refractivity contribution in [3.05, 3.63) is 96.4 Å². The van der Waals surface area contributed by atoms with Crippen LogP contribution in [0.1, 0.15) is 15.9 Å². The number of imidazole rings is 1. The summed E-state index contributed by atoms with van der Waals surface area (Å²) in [7, 11) is -2.88. The molecule has 35 heavy (non-hydrogen) atoms. The Kier molecular flexibility index (Phi) is 6.48. The van der Waals surface area contributed by atoms with E-state index in [0.717, 1.165) is 33.6 Å². The summed E-state index contributed by atoms with van der Waals surface area (Å²) in [5, 5.41) is 2.94. The molecule has 0 saturated carbocycles. The third-order valence-electron chi connectivity index (χ3n) is 6.23. The van der Waals surface area contributed by atoms with Crippen LogP contribution in [0.2, 0.25) is 0 Å². The molecule has 7 nitrogen and oxygen atoms in total. The summed E-state index contributed by atoms with van der Waals surface area (Å²) >= 11 is 0. The van der Waals surface area contributed by atoms with E-state index in [2.05, 4.69) is 32.3 Å². The number of aromatic nitrogens is 2. The normalized spacial score (nSPS) is 15.5. The van der Waals surface area contributed by atoms with E-state index in [0.29, 0.717) is 25.2 Å². The van der Waals surface area contributed by atoms with Crippen molar-refractivity contribution in [1.82, 2.24) is 14.9 Å². The van der Waals surface area contributed by atoms with Gasteiger partial charge in [0.2, 0.25) is 0 Å². The van der Waals surface area contributed by atoms with E-state index < -0.39 is 9.84 Å². The Morgan fingerprint density at radius 2 is 1.46 bits per heavy atom. The van der Waals surface area contributed by atoms with Crippen LogP contribution in [0.15, 0.2) is 85.3 Å². The number of aromatic amines is 1. The van der Waals surface area contributed by atoms with Gasteiger partial charge in [-0.1, -0.05) is 48.5 Å². The van der Waals surface area contributed by atoms with E-state index in [1.807, 2.05) is 60.7 Å². The summed E-state index contributed by atoms with van der Waals surface area (Å²) in [5.74, 6) is 0.271. The van der Waals surface area contributed by atoms with Crippen LogP contribution in [-0.4, -0.2) is 53.8 Å². The van der Waals surface area contributed by atoms with Crippen LogP contribution in [0.4, 0.5) is 5.69 Å². The van der Waals surface area contributed by atoms with Gasteiger partial charge < -0.3 is 10.3 Å². The minimum Gasteiger partial charge on any atom is -0.345 e. The van der Waals surface area contributed by atoms with Crippen molar-refractivity contribution in [2.24, 2.45) is 0 Å². The van der Waals surface area contributed by atoms with Crippen LogP contribution in [0.25, 0.3) is 22.4 Å². The van der Waals surface area contributed by atoms with Gasteiger partial charge >= 0.3 is 0 Å². The van der Waals surface area contributed by atoms with Crippen molar-refractivity contribution in [3.8, 4) is 22.4 Å². The number of rotatable bonds is 6. The average Bonchev–Trinajstić information content (AvgIpc) is 3.42. The van der Waals surface area contributed by atoms with E-state index >= 15 is 0 Å². The van der Waals surface area contributed by atoms with Crippen LogP contribution in [0.3, 0.4) is 0 Å². The van der Waals surface area contributed by atoms with Gasteiger partial charge in [0.15, 0.2) is 9.84 Å². The molecule has 0 atom stereocenters. The summed E-state index contributed by atoms with van der Waals surface area (Å²) in [6.45, 7) is 1.82. The number of hydrogen-bond acceptors (Lipinski definition) is 5. The zero-order valence-corrected chi connectivity index (χ0v) is 20.0. The van der Waals surface area contributed by atoms with Crippen molar-refractivity contribution in [3.63, 3.8) is 0 Å². The summed E-state index contributed by atoms with van der Waals surface area (Å²) in [6, 6.07) is 23.4. The Bertz CT molecular complexity index is 1380. The maximum atomic E-state index is 12.7. The first-order valence-electron chi connectivity index (χ1n) is 11.5. The van der Waals surface area contributed by atoms with Gasteiger partial charge in [-0.05, 0) is 46.5 Å². The van der Waals surface area contributed by atoms with Gasteiger partial charge in [-0.2, -0.15) is 0 Å². The first-order chi connectivity index (χ1) is 16.9. The molecule has 0 aliphatic carbocycles. The molecule has 1 amide bonds. The molecule has 1 aliphatic rings. The van der Waals surface area contributed by atoms with Crippen LogP contribution < -0.4 is 5.32 Å². The number of benzene rings is 3. The zero-order chi connectivity index (χ0) is 24.3. The van der Waals surface area contributed by atoms with Crippen molar-refractivity contribution in [1.29, 1.82) is 0 Å². The second-order valence-corrected chi connectivity index (χ2v) is 11.0. The molecule has 5 rings (SSSR count). The lowest BCUT2D eigenvalue weighted by atomic mass is 10.0. The summed E-state index contributed by atoms with van der Waals surface area (Å²) in [6.07, 6.45) is 3.45. The summed E-state index contributed by atoms with van der Waals surface area (Å²) < 4.78 is 23.2. The fourth-order valence-electron chi connectivity index (χ4n) is 4.13. The van der Waals surface area contributed by atoms with Gasteiger partial charge in [-0.3, -0.25) is 9.69 Å². The molecule has 3 aromatic carbocycles. The fourth-order valence-corrected chi connectivity index (χ4v) is 5.41. The van der Waals surface area contributed by atoms with Crippen LogP contribution >= 0.6 is 0 Å². The molecule has 178 valence electrons. The van der Waals surface area contributed by atoms with Crippen molar-refractivity contribution in [2.45, 2.75) is 6.54 Å². The first-order valence-corrected chi connectivity index (χ1v) is 13.3. The van der Waals surface area contributed by atoms with E-state index in [1.54, 1.807) is 12.5 Å². The lowest BCUT2D eigenvalue weighted by Crippen LogP contribution is -2.39. The number of amides is 1. The second kappa shape index (κ2) is 9.85. The predicted molar refractivity (Wildman–Crippen MR) is 138 cm³/mol. The van der Waals surface area contributed by atoms with E-state index in [9.17, 15) is 13.2 Å². The van der Waals surface area contributed by atoms with E-state index in [-0.39, 0.29) is 17.4 Å². The molecular weight excluding hydrogens is 460 g/mol. The van der Waals surface area contributed by atoms with E-state index in [4.69, 9.17) is 0 Å². The number of nitrogens with zero attached hydrogens (tertiary/aromatic N) is 2. The number of carbonyl (C=O) groups excluding carboxylic acids is 1. The molecule has 0 radical (unpaired) electrons. The van der Waals surface area contributed by atoms with Gasteiger partial charge in [-0.15, -0.1) is 0 Å². The van der Waals surface area contributed by atoms with Crippen LogP contribution in [-0.2, 0) is 16.4 Å². The zero-order valence-electron chi connectivity index (χ0n) is 19.1. The third-order valence-corrected chi connectivity index (χ3v) is 7.84. The minimum absolute atomic E-state index is 0.167. The molecule has 1 fully saturated rings. The minimum atomic E-state index is -2.88. The van der Waals surface area contributed by atoms with Gasteiger partial charge in [0, 0.05) is 30.9 Å². The third kappa shape index (κ3) is 5.67. The molecule has 1 aliphatic heterocycles. The monoisotopic (exact) mass is 486 g/mol. The molecular formula is C27H26N4O3S. The Labute approximate surface area is 204 Å². The first kappa shape index (κ1) is 23.0. The highest BCUT2D eigenvalue weighted by Gasteiger charge is 2.21. The number of H-pyrrole nitrogens is 1. The topological polar surface area (TPSA) is 95.2 Å². The lowest BCUT2D eigenvalue weighted by Gasteiger charge is -2.26. The Morgan fingerprint density at radius 3 is 2.06 bits per heavy atom. The van der Waals surface area contributed by atoms with Crippen molar-refractivity contribution >= 4 is 21.4 Å². The predicted octanol–water partition coefficient (Wildman–Crippen LogP) is 4.23. The quantitative estimate of drug-likeness (QED) is 0.425. The van der Waals surface area contributed by atoms with Crippen LogP contribution in [0.5, 0.6) is 0 Å². The van der Waals surface area contributed by atoms with Gasteiger partial charge in [0.1, 0.15) is 0 Å². The number of sulfone groups is 1. The van der Waals surface area contributed by atoms with Crippen molar-refractivity contribution in [2.75, 3.05) is 29.9 Å². The molecule has 0 unspecified atom stereocenters. The molecule has 1 saturated heterocycles. The molecule has 4 aromatic rings. The standard InChI is InChI=1S/C27H26N4O3S/c32-27(30-25-11-1-20(2-12-25)18-31-13-15-35(33,34)16-14-31)24-9-5-22(6-10-24)21-3-7-23(8-4-21)26-17-28-19-29-26/h1-12,17,19H,13-16,18H2,(H,28,29)(H,30,32). The molecule has 8 heteroatoms. The largest absolute Gasteiger partial charge is 0.345 e. The Morgan fingerprint density at radius 1 is 0.857 bits per heavy atom. The summed E-state index contributed by atoms with van der Waals surface area (Å²) in [4.78, 5) is 22.0. The summed E-state index contributed by atoms with van der Waals surface area (Å²) in [5.41, 5.74) is 6.54. The SMILES string of the molecule is O=C(Nc1ccc(CN2CCS(=O)(=O)CC2)cc1)c1ccc(-c2ccc(-c3cnc[nH]3)cc2)cc1. The molecule has 0 bridgehead atoms.